The quantitative estimate of drug-likeness (QED) is 0.434. The molecule has 7 nitrogen and oxygen atoms in total. The van der Waals surface area contributed by atoms with E-state index in [0.717, 1.165) is 5.69 Å². The zero-order valence-electron chi connectivity index (χ0n) is 11.3. The molecule has 0 atom stereocenters. The highest BCUT2D eigenvalue weighted by Crippen LogP contribution is 2.30. The fourth-order valence-corrected chi connectivity index (χ4v) is 2.59. The highest BCUT2D eigenvalue weighted by atomic mass is 32.1. The number of nitrogens with two attached hydrogens (primary N) is 1. The second-order valence-corrected chi connectivity index (χ2v) is 5.44. The minimum Gasteiger partial charge on any atom is -0.399 e. The Bertz CT molecular complexity index is 816. The van der Waals surface area contributed by atoms with Crippen molar-refractivity contribution in [2.45, 2.75) is 0 Å². The number of rotatable bonds is 4. The first-order valence-electron chi connectivity index (χ1n) is 6.33. The van der Waals surface area contributed by atoms with Gasteiger partial charge < -0.3 is 11.1 Å². The Kier molecular flexibility index (Phi) is 3.67. The predicted octanol–water partition coefficient (Wildman–Crippen LogP) is 3.44. The monoisotopic (exact) mass is 313 g/mol. The molecule has 1 aromatic heterocycles. The van der Waals surface area contributed by atoms with Crippen LogP contribution in [-0.2, 0) is 0 Å². The second-order valence-electron chi connectivity index (χ2n) is 4.47. The summed E-state index contributed by atoms with van der Waals surface area (Å²) in [6.07, 6.45) is 0. The number of benzene rings is 2. The van der Waals surface area contributed by atoms with Gasteiger partial charge in [0.15, 0.2) is 0 Å². The predicted molar refractivity (Wildman–Crippen MR) is 86.1 cm³/mol. The maximum atomic E-state index is 10.8. The zero-order chi connectivity index (χ0) is 15.5. The Morgan fingerprint density at radius 3 is 2.64 bits per heavy atom. The van der Waals surface area contributed by atoms with Crippen LogP contribution in [0.3, 0.4) is 0 Å². The lowest BCUT2D eigenvalue weighted by atomic mass is 10.2. The first-order chi connectivity index (χ1) is 10.6. The summed E-state index contributed by atoms with van der Waals surface area (Å²) in [6.45, 7) is 0. The van der Waals surface area contributed by atoms with Crippen molar-refractivity contribution < 1.29 is 4.92 Å². The van der Waals surface area contributed by atoms with Crippen molar-refractivity contribution in [3.8, 4) is 10.6 Å². The van der Waals surface area contributed by atoms with Crippen molar-refractivity contribution in [3.05, 3.63) is 58.6 Å². The number of hydrogen-bond acceptors (Lipinski definition) is 7. The Balaban J connectivity index is 1.83. The second kappa shape index (κ2) is 5.78. The van der Waals surface area contributed by atoms with Gasteiger partial charge in [-0.15, -0.1) is 10.2 Å². The van der Waals surface area contributed by atoms with E-state index in [4.69, 9.17) is 5.73 Å². The largest absolute Gasteiger partial charge is 0.399 e. The fourth-order valence-electron chi connectivity index (χ4n) is 1.83. The van der Waals surface area contributed by atoms with E-state index in [2.05, 4.69) is 15.5 Å². The third-order valence-electron chi connectivity index (χ3n) is 2.89. The van der Waals surface area contributed by atoms with Crippen molar-refractivity contribution in [2.75, 3.05) is 11.1 Å². The van der Waals surface area contributed by atoms with Crippen molar-refractivity contribution in [2.24, 2.45) is 0 Å². The van der Waals surface area contributed by atoms with Gasteiger partial charge in [0.1, 0.15) is 5.01 Å². The number of anilines is 3. The number of aromatic nitrogens is 2. The van der Waals surface area contributed by atoms with Crippen LogP contribution in [0.2, 0.25) is 0 Å². The molecule has 110 valence electrons. The summed E-state index contributed by atoms with van der Waals surface area (Å²) in [5, 5.41) is 23.2. The summed E-state index contributed by atoms with van der Waals surface area (Å²) in [5.74, 6) is 0. The molecule has 8 heteroatoms. The third-order valence-corrected chi connectivity index (χ3v) is 3.78. The molecule has 0 spiro atoms. The van der Waals surface area contributed by atoms with Gasteiger partial charge >= 0.3 is 0 Å². The van der Waals surface area contributed by atoms with Gasteiger partial charge in [0.05, 0.1) is 4.92 Å². The molecule has 0 saturated heterocycles. The van der Waals surface area contributed by atoms with Gasteiger partial charge in [-0.1, -0.05) is 23.5 Å². The first-order valence-corrected chi connectivity index (χ1v) is 7.14. The van der Waals surface area contributed by atoms with Crippen LogP contribution >= 0.6 is 11.3 Å². The molecule has 0 radical (unpaired) electrons. The molecule has 22 heavy (non-hydrogen) atoms. The molecular formula is C14H11N5O2S. The number of nitrogen functional groups attached to an aromatic ring is 1. The van der Waals surface area contributed by atoms with Crippen molar-refractivity contribution in [1.29, 1.82) is 0 Å². The van der Waals surface area contributed by atoms with Crippen LogP contribution in [0.15, 0.2) is 48.5 Å². The van der Waals surface area contributed by atoms with Crippen molar-refractivity contribution >= 4 is 33.5 Å². The summed E-state index contributed by atoms with van der Waals surface area (Å²) < 4.78 is 0. The smallest absolute Gasteiger partial charge is 0.270 e. The molecule has 2 aromatic carbocycles. The van der Waals surface area contributed by atoms with E-state index in [1.54, 1.807) is 24.3 Å². The standard InChI is InChI=1S/C14H11N5O2S/c15-10-4-6-11(7-5-10)16-14-18-17-13(22-14)9-2-1-3-12(8-9)19(20)21/h1-8H,15H2,(H,16,18). The van der Waals surface area contributed by atoms with Gasteiger partial charge in [-0.3, -0.25) is 10.1 Å². The molecule has 0 aliphatic heterocycles. The summed E-state index contributed by atoms with van der Waals surface area (Å²) in [5.41, 5.74) is 7.85. The number of nitrogens with one attached hydrogen (secondary N) is 1. The normalized spacial score (nSPS) is 10.4. The van der Waals surface area contributed by atoms with Crippen LogP contribution < -0.4 is 11.1 Å². The molecule has 0 unspecified atom stereocenters. The lowest BCUT2D eigenvalue weighted by Gasteiger charge is -2.01. The maximum absolute atomic E-state index is 10.8. The molecule has 3 rings (SSSR count). The minimum absolute atomic E-state index is 0.0285. The van der Waals surface area contributed by atoms with Gasteiger partial charge in [0, 0.05) is 29.1 Å². The van der Waals surface area contributed by atoms with Crippen LogP contribution in [0.4, 0.5) is 22.2 Å². The van der Waals surface area contributed by atoms with Gasteiger partial charge in [-0.2, -0.15) is 0 Å². The first kappa shape index (κ1) is 14.0. The van der Waals surface area contributed by atoms with Crippen LogP contribution in [0, 0.1) is 10.1 Å². The average molecular weight is 313 g/mol. The zero-order valence-corrected chi connectivity index (χ0v) is 12.1. The lowest BCUT2D eigenvalue weighted by Crippen LogP contribution is -1.90. The van der Waals surface area contributed by atoms with Crippen LogP contribution in [0.1, 0.15) is 0 Å². The number of non-ortho nitro benzene ring substituents is 1. The molecular weight excluding hydrogens is 302 g/mol. The van der Waals surface area contributed by atoms with Gasteiger partial charge in [-0.25, -0.2) is 0 Å². The Morgan fingerprint density at radius 1 is 1.14 bits per heavy atom. The van der Waals surface area contributed by atoms with E-state index in [1.165, 1.54) is 23.5 Å². The average Bonchev–Trinajstić information content (AvgIpc) is 2.98. The number of hydrogen-bond donors (Lipinski definition) is 2. The third kappa shape index (κ3) is 3.01. The SMILES string of the molecule is Nc1ccc(Nc2nnc(-c3cccc([N+](=O)[O-])c3)s2)cc1. The molecule has 0 aliphatic carbocycles. The van der Waals surface area contributed by atoms with E-state index in [-0.39, 0.29) is 5.69 Å². The lowest BCUT2D eigenvalue weighted by molar-refractivity contribution is -0.384. The number of nitro benzene ring substituents is 1. The van der Waals surface area contributed by atoms with Crippen molar-refractivity contribution in [1.82, 2.24) is 10.2 Å². The number of nitrogens with zero attached hydrogens (tertiary/aromatic N) is 3. The highest BCUT2D eigenvalue weighted by molar-refractivity contribution is 7.18. The molecule has 0 aliphatic rings. The Labute approximate surface area is 129 Å². The Morgan fingerprint density at radius 2 is 1.91 bits per heavy atom. The van der Waals surface area contributed by atoms with E-state index in [9.17, 15) is 10.1 Å². The van der Waals surface area contributed by atoms with Crippen LogP contribution in [-0.4, -0.2) is 15.1 Å². The summed E-state index contributed by atoms with van der Waals surface area (Å²) >= 11 is 1.32. The van der Waals surface area contributed by atoms with E-state index < -0.39 is 4.92 Å². The van der Waals surface area contributed by atoms with Gasteiger partial charge in [0.25, 0.3) is 5.69 Å². The number of nitro groups is 1. The van der Waals surface area contributed by atoms with E-state index >= 15 is 0 Å². The molecule has 3 aromatic rings. The van der Waals surface area contributed by atoms with Crippen LogP contribution in [0.25, 0.3) is 10.6 Å². The van der Waals surface area contributed by atoms with E-state index in [1.807, 2.05) is 12.1 Å². The summed E-state index contributed by atoms with van der Waals surface area (Å²) in [6, 6.07) is 13.6. The highest BCUT2D eigenvalue weighted by Gasteiger charge is 2.11. The molecule has 0 amide bonds. The Hall–Kier alpha value is -3.00. The summed E-state index contributed by atoms with van der Waals surface area (Å²) in [4.78, 5) is 10.4. The maximum Gasteiger partial charge on any atom is 0.270 e. The van der Waals surface area contributed by atoms with Gasteiger partial charge in [-0.05, 0) is 24.3 Å². The fraction of sp³-hybridized carbons (Fsp3) is 0. The van der Waals surface area contributed by atoms with Crippen LogP contribution in [0.5, 0.6) is 0 Å². The molecule has 0 bridgehead atoms. The molecule has 3 N–H and O–H groups in total. The van der Waals surface area contributed by atoms with Gasteiger partial charge in [0.2, 0.25) is 5.13 Å². The minimum atomic E-state index is -0.432. The topological polar surface area (TPSA) is 107 Å². The van der Waals surface area contributed by atoms with Crippen molar-refractivity contribution in [3.63, 3.8) is 0 Å². The molecule has 1 heterocycles. The van der Waals surface area contributed by atoms with E-state index in [0.29, 0.717) is 21.4 Å². The summed E-state index contributed by atoms with van der Waals surface area (Å²) in [7, 11) is 0. The molecule has 0 fully saturated rings. The molecule has 0 saturated carbocycles.